The van der Waals surface area contributed by atoms with Crippen LogP contribution in [0.4, 0.5) is 0 Å². The van der Waals surface area contributed by atoms with Gasteiger partial charge in [-0.2, -0.15) is 0 Å². The molecule has 174 valence electrons. The van der Waals surface area contributed by atoms with Gasteiger partial charge in [0.15, 0.2) is 0 Å². The third-order valence-corrected chi connectivity index (χ3v) is 8.25. The highest BCUT2D eigenvalue weighted by molar-refractivity contribution is 5.97. The first-order valence-corrected chi connectivity index (χ1v) is 11.5. The molecule has 31 heavy (non-hydrogen) atoms. The van der Waals surface area contributed by atoms with E-state index in [1.165, 1.54) is 12.8 Å². The molecule has 0 aromatic heterocycles. The van der Waals surface area contributed by atoms with Gasteiger partial charge >= 0.3 is 11.9 Å². The van der Waals surface area contributed by atoms with Crippen LogP contribution < -0.4 is 0 Å². The third-order valence-electron chi connectivity index (χ3n) is 8.25. The second-order valence-corrected chi connectivity index (χ2v) is 10.9. The molecule has 7 heteroatoms. The van der Waals surface area contributed by atoms with E-state index in [0.29, 0.717) is 37.5 Å². The number of carbonyl (C=O) groups excluding carboxylic acids is 2. The van der Waals surface area contributed by atoms with Crippen molar-refractivity contribution in [1.29, 1.82) is 0 Å². The molecule has 3 rings (SSSR count). The molecule has 0 bridgehead atoms. The maximum Gasteiger partial charge on any atom is 0.310 e. The van der Waals surface area contributed by atoms with Gasteiger partial charge in [0.05, 0.1) is 11.7 Å². The quantitative estimate of drug-likeness (QED) is 0.497. The van der Waals surface area contributed by atoms with Gasteiger partial charge < -0.3 is 14.9 Å². The number of rotatable bonds is 10. The molecule has 0 heterocycles. The standard InChI is InChI=1S/C24H36O7/c1-15-4-5-19-22(2,3)24(19,12-15)31-18-6-8-23(9-7-18,13-16(25)10-20(27)28)14-17(26)11-21(29)30/h15,18-19H,4-14H2,1-3H3,(H,27,28)(H,29,30). The number of ether oxygens (including phenoxy) is 1. The van der Waals surface area contributed by atoms with Crippen LogP contribution in [0.3, 0.4) is 0 Å². The molecule has 0 amide bonds. The van der Waals surface area contributed by atoms with Crippen LogP contribution in [0, 0.1) is 22.7 Å². The van der Waals surface area contributed by atoms with E-state index in [0.717, 1.165) is 6.42 Å². The number of ketones is 2. The fourth-order valence-corrected chi connectivity index (χ4v) is 6.61. The summed E-state index contributed by atoms with van der Waals surface area (Å²) in [5.41, 5.74) is -0.566. The van der Waals surface area contributed by atoms with Crippen LogP contribution in [0.15, 0.2) is 0 Å². The molecular formula is C24H36O7. The molecule has 3 unspecified atom stereocenters. The Balaban J connectivity index is 1.66. The lowest BCUT2D eigenvalue weighted by Gasteiger charge is -2.42. The molecule has 3 aliphatic rings. The molecule has 0 aromatic carbocycles. The van der Waals surface area contributed by atoms with E-state index in [1.807, 2.05) is 0 Å². The summed E-state index contributed by atoms with van der Waals surface area (Å²) < 4.78 is 6.75. The highest BCUT2D eigenvalue weighted by atomic mass is 16.5. The highest BCUT2D eigenvalue weighted by Crippen LogP contribution is 2.71. The number of hydrogen-bond donors (Lipinski definition) is 2. The Hall–Kier alpha value is -1.76. The summed E-state index contributed by atoms with van der Waals surface area (Å²) in [7, 11) is 0. The Morgan fingerprint density at radius 3 is 1.87 bits per heavy atom. The molecule has 3 fully saturated rings. The van der Waals surface area contributed by atoms with E-state index in [2.05, 4.69) is 20.8 Å². The van der Waals surface area contributed by atoms with Gasteiger partial charge in [-0.3, -0.25) is 19.2 Å². The van der Waals surface area contributed by atoms with Gasteiger partial charge in [0, 0.05) is 12.8 Å². The van der Waals surface area contributed by atoms with Gasteiger partial charge in [-0.25, -0.2) is 0 Å². The maximum absolute atomic E-state index is 12.3. The minimum absolute atomic E-state index is 0.00761. The topological polar surface area (TPSA) is 118 Å². The second-order valence-electron chi connectivity index (χ2n) is 10.9. The summed E-state index contributed by atoms with van der Waals surface area (Å²) >= 11 is 0. The maximum atomic E-state index is 12.3. The van der Waals surface area contributed by atoms with E-state index in [-0.39, 0.29) is 30.0 Å². The van der Waals surface area contributed by atoms with Crippen LogP contribution in [-0.4, -0.2) is 45.4 Å². The Morgan fingerprint density at radius 2 is 1.39 bits per heavy atom. The molecule has 3 aliphatic carbocycles. The zero-order valence-corrected chi connectivity index (χ0v) is 18.9. The summed E-state index contributed by atoms with van der Waals surface area (Å²) in [5, 5.41) is 17.9. The van der Waals surface area contributed by atoms with Crippen LogP contribution in [0.25, 0.3) is 0 Å². The first-order chi connectivity index (χ1) is 14.4. The van der Waals surface area contributed by atoms with Gasteiger partial charge in [0.2, 0.25) is 0 Å². The minimum atomic E-state index is -1.18. The van der Waals surface area contributed by atoms with Crippen molar-refractivity contribution in [2.45, 2.75) is 103 Å². The molecule has 0 aromatic rings. The smallest absolute Gasteiger partial charge is 0.310 e. The van der Waals surface area contributed by atoms with E-state index < -0.39 is 41.8 Å². The van der Waals surface area contributed by atoms with Gasteiger partial charge in [0.25, 0.3) is 0 Å². The summed E-state index contributed by atoms with van der Waals surface area (Å²) in [6.07, 6.45) is 5.02. The average Bonchev–Trinajstić information content (AvgIpc) is 3.08. The first kappa shape index (κ1) is 23.9. The molecule has 0 aliphatic heterocycles. The molecule has 7 nitrogen and oxygen atoms in total. The van der Waals surface area contributed by atoms with Crippen molar-refractivity contribution >= 4 is 23.5 Å². The van der Waals surface area contributed by atoms with Crippen LogP contribution in [0.1, 0.15) is 91.4 Å². The van der Waals surface area contributed by atoms with Crippen molar-refractivity contribution < 1.29 is 34.1 Å². The Morgan fingerprint density at radius 1 is 0.871 bits per heavy atom. The Labute approximate surface area is 183 Å². The molecule has 0 radical (unpaired) electrons. The average molecular weight is 437 g/mol. The van der Waals surface area contributed by atoms with Crippen molar-refractivity contribution in [3.8, 4) is 0 Å². The van der Waals surface area contributed by atoms with E-state index in [9.17, 15) is 19.2 Å². The molecule has 0 spiro atoms. The van der Waals surface area contributed by atoms with Crippen LogP contribution in [0.2, 0.25) is 0 Å². The predicted molar refractivity (Wildman–Crippen MR) is 113 cm³/mol. The zero-order chi connectivity index (χ0) is 23.0. The number of carbonyl (C=O) groups is 4. The van der Waals surface area contributed by atoms with Gasteiger partial charge in [0.1, 0.15) is 24.4 Å². The summed E-state index contributed by atoms with van der Waals surface area (Å²) in [6, 6.07) is 0. The van der Waals surface area contributed by atoms with Crippen LogP contribution >= 0.6 is 0 Å². The molecule has 3 saturated carbocycles. The van der Waals surface area contributed by atoms with Crippen molar-refractivity contribution in [3.63, 3.8) is 0 Å². The largest absolute Gasteiger partial charge is 0.481 e. The van der Waals surface area contributed by atoms with Crippen molar-refractivity contribution in [2.24, 2.45) is 22.7 Å². The highest BCUT2D eigenvalue weighted by Gasteiger charge is 2.73. The lowest BCUT2D eigenvalue weighted by molar-refractivity contribution is -0.141. The Kier molecular flexibility index (Phi) is 6.66. The van der Waals surface area contributed by atoms with Crippen molar-refractivity contribution in [3.05, 3.63) is 0 Å². The number of hydrogen-bond acceptors (Lipinski definition) is 5. The first-order valence-electron chi connectivity index (χ1n) is 11.5. The fourth-order valence-electron chi connectivity index (χ4n) is 6.61. The molecule has 3 atom stereocenters. The number of aliphatic carboxylic acids is 2. The molecule has 2 N–H and O–H groups in total. The monoisotopic (exact) mass is 436 g/mol. The SMILES string of the molecule is CC1CCC2C(C)(C)C2(OC2CCC(CC(=O)CC(=O)O)(CC(=O)CC(=O)O)CC2)C1. The van der Waals surface area contributed by atoms with Crippen molar-refractivity contribution in [2.75, 3.05) is 0 Å². The molecular weight excluding hydrogens is 400 g/mol. The second kappa shape index (κ2) is 8.64. The van der Waals surface area contributed by atoms with Crippen LogP contribution in [-0.2, 0) is 23.9 Å². The van der Waals surface area contributed by atoms with Crippen molar-refractivity contribution in [1.82, 2.24) is 0 Å². The zero-order valence-electron chi connectivity index (χ0n) is 18.9. The van der Waals surface area contributed by atoms with Gasteiger partial charge in [-0.05, 0) is 61.2 Å². The number of Topliss-reactive ketones (excluding diaryl/α,β-unsaturated/α-hetero) is 2. The van der Waals surface area contributed by atoms with E-state index in [1.54, 1.807) is 0 Å². The minimum Gasteiger partial charge on any atom is -0.481 e. The summed E-state index contributed by atoms with van der Waals surface area (Å²) in [6.45, 7) is 6.86. The number of fused-ring (bicyclic) bond motifs is 1. The normalized spacial score (nSPS) is 31.5. The summed E-state index contributed by atoms with van der Waals surface area (Å²) in [5.74, 6) is -1.94. The Bertz CT molecular complexity index is 715. The third kappa shape index (κ3) is 5.02. The fraction of sp³-hybridized carbons (Fsp3) is 0.833. The summed E-state index contributed by atoms with van der Waals surface area (Å²) in [4.78, 5) is 46.4. The number of carboxylic acid groups (broad SMARTS) is 2. The van der Waals surface area contributed by atoms with E-state index >= 15 is 0 Å². The predicted octanol–water partition coefficient (Wildman–Crippen LogP) is 4.01. The van der Waals surface area contributed by atoms with Gasteiger partial charge in [-0.1, -0.05) is 27.2 Å². The number of carboxylic acids is 2. The molecule has 0 saturated heterocycles. The lowest BCUT2D eigenvalue weighted by Crippen LogP contribution is -2.39. The van der Waals surface area contributed by atoms with E-state index in [4.69, 9.17) is 14.9 Å². The van der Waals surface area contributed by atoms with Gasteiger partial charge in [-0.15, -0.1) is 0 Å². The lowest BCUT2D eigenvalue weighted by atomic mass is 9.67. The van der Waals surface area contributed by atoms with Crippen LogP contribution in [0.5, 0.6) is 0 Å².